The average Bonchev–Trinajstić information content (AvgIpc) is 2.51. The Hall–Kier alpha value is -2.44. The van der Waals surface area contributed by atoms with Crippen LogP contribution in [0, 0.1) is 11.7 Å². The van der Waals surface area contributed by atoms with Gasteiger partial charge in [0.15, 0.2) is 6.10 Å². The molecule has 23 heavy (non-hydrogen) atoms. The van der Waals surface area contributed by atoms with Crippen molar-refractivity contribution in [3.05, 3.63) is 35.6 Å². The van der Waals surface area contributed by atoms with Gasteiger partial charge in [-0.2, -0.15) is 0 Å². The summed E-state index contributed by atoms with van der Waals surface area (Å²) < 4.78 is 22.5. The summed E-state index contributed by atoms with van der Waals surface area (Å²) in [5, 5.41) is 2.29. The van der Waals surface area contributed by atoms with E-state index in [1.54, 1.807) is 19.1 Å². The van der Waals surface area contributed by atoms with Crippen LogP contribution in [0.15, 0.2) is 24.3 Å². The number of rotatable bonds is 7. The van der Waals surface area contributed by atoms with E-state index >= 15 is 0 Å². The molecule has 2 unspecified atom stereocenters. The van der Waals surface area contributed by atoms with E-state index in [1.807, 2.05) is 0 Å². The van der Waals surface area contributed by atoms with Crippen LogP contribution >= 0.6 is 0 Å². The maximum Gasteiger partial charge on any atom is 0.325 e. The highest BCUT2D eigenvalue weighted by atomic mass is 19.1. The fraction of sp³-hybridized carbons (Fsp3) is 0.438. The van der Waals surface area contributed by atoms with Crippen LogP contribution in [0.4, 0.5) is 4.39 Å². The summed E-state index contributed by atoms with van der Waals surface area (Å²) in [6, 6.07) is 5.93. The molecular weight excluding hydrogens is 305 g/mol. The predicted octanol–water partition coefficient (Wildman–Crippen LogP) is 1.23. The molecule has 1 aromatic rings. The number of hydrogen-bond acceptors (Lipinski definition) is 5. The Labute approximate surface area is 134 Å². The smallest absolute Gasteiger partial charge is 0.325 e. The van der Waals surface area contributed by atoms with Gasteiger partial charge in [-0.25, -0.2) is 4.39 Å². The van der Waals surface area contributed by atoms with Gasteiger partial charge in [-0.1, -0.05) is 19.1 Å². The van der Waals surface area contributed by atoms with Crippen molar-refractivity contribution in [3.8, 4) is 0 Å². The number of halogens is 1. The maximum absolute atomic E-state index is 13.1. The van der Waals surface area contributed by atoms with Crippen molar-refractivity contribution in [2.24, 2.45) is 5.92 Å². The first-order chi connectivity index (χ1) is 10.8. The van der Waals surface area contributed by atoms with Crippen LogP contribution in [0.2, 0.25) is 0 Å². The van der Waals surface area contributed by atoms with Gasteiger partial charge in [-0.05, 0) is 31.0 Å². The zero-order valence-electron chi connectivity index (χ0n) is 13.3. The summed E-state index contributed by atoms with van der Waals surface area (Å²) in [5.74, 6) is -2.68. The number of hydrogen-bond donors (Lipinski definition) is 1. The second-order valence-corrected chi connectivity index (χ2v) is 5.11. The van der Waals surface area contributed by atoms with Crippen molar-refractivity contribution in [2.75, 3.05) is 13.7 Å². The Balaban J connectivity index is 2.47. The van der Waals surface area contributed by atoms with Crippen molar-refractivity contribution >= 4 is 17.8 Å². The standard InChI is InChI=1S/C16H20FNO5/c1-10(7-12-5-4-6-13(17)8-12)16(21)23-11(2)15(20)18-9-14(19)22-3/h4-6,8,10-11H,7,9H2,1-3H3,(H,18,20). The normalized spacial score (nSPS) is 12.9. The van der Waals surface area contributed by atoms with E-state index in [0.717, 1.165) is 0 Å². The van der Waals surface area contributed by atoms with Gasteiger partial charge in [0.1, 0.15) is 12.4 Å². The third-order valence-electron chi connectivity index (χ3n) is 3.13. The molecule has 126 valence electrons. The lowest BCUT2D eigenvalue weighted by Crippen LogP contribution is -2.39. The van der Waals surface area contributed by atoms with Crippen LogP contribution in [0.5, 0.6) is 0 Å². The Morgan fingerprint density at radius 2 is 1.96 bits per heavy atom. The molecule has 1 amide bonds. The highest BCUT2D eigenvalue weighted by Gasteiger charge is 2.22. The molecule has 1 aromatic carbocycles. The van der Waals surface area contributed by atoms with Gasteiger partial charge in [0.05, 0.1) is 13.0 Å². The molecule has 0 fully saturated rings. The number of amides is 1. The predicted molar refractivity (Wildman–Crippen MR) is 79.8 cm³/mol. The Morgan fingerprint density at radius 1 is 1.26 bits per heavy atom. The van der Waals surface area contributed by atoms with Gasteiger partial charge in [-0.3, -0.25) is 14.4 Å². The number of benzene rings is 1. The number of carbonyl (C=O) groups excluding carboxylic acids is 3. The molecule has 1 rings (SSSR count). The van der Waals surface area contributed by atoms with E-state index in [2.05, 4.69) is 10.1 Å². The molecule has 1 N–H and O–H groups in total. The van der Waals surface area contributed by atoms with Crippen molar-refractivity contribution < 1.29 is 28.2 Å². The summed E-state index contributed by atoms with van der Waals surface area (Å²) in [4.78, 5) is 34.6. The van der Waals surface area contributed by atoms with Crippen molar-refractivity contribution in [3.63, 3.8) is 0 Å². The summed E-state index contributed by atoms with van der Waals surface area (Å²) in [7, 11) is 1.20. The van der Waals surface area contributed by atoms with Crippen molar-refractivity contribution in [1.29, 1.82) is 0 Å². The lowest BCUT2D eigenvalue weighted by molar-refractivity contribution is -0.158. The SMILES string of the molecule is COC(=O)CNC(=O)C(C)OC(=O)C(C)Cc1cccc(F)c1. The van der Waals surface area contributed by atoms with Gasteiger partial charge in [0.25, 0.3) is 5.91 Å². The summed E-state index contributed by atoms with van der Waals surface area (Å²) in [6.07, 6.45) is -0.741. The first kappa shape index (κ1) is 18.6. The highest BCUT2D eigenvalue weighted by Crippen LogP contribution is 2.12. The third kappa shape index (κ3) is 6.46. The van der Waals surface area contributed by atoms with Crippen molar-refractivity contribution in [2.45, 2.75) is 26.4 Å². The van der Waals surface area contributed by atoms with Gasteiger partial charge >= 0.3 is 11.9 Å². The van der Waals surface area contributed by atoms with Crippen LogP contribution in [0.25, 0.3) is 0 Å². The van der Waals surface area contributed by atoms with Crippen LogP contribution < -0.4 is 5.32 Å². The second kappa shape index (κ2) is 8.87. The quantitative estimate of drug-likeness (QED) is 0.763. The number of esters is 2. The third-order valence-corrected chi connectivity index (χ3v) is 3.13. The second-order valence-electron chi connectivity index (χ2n) is 5.11. The van der Waals surface area contributed by atoms with E-state index in [0.29, 0.717) is 12.0 Å². The van der Waals surface area contributed by atoms with E-state index in [1.165, 1.54) is 26.2 Å². The lowest BCUT2D eigenvalue weighted by Gasteiger charge is -2.16. The minimum absolute atomic E-state index is 0.296. The molecule has 0 spiro atoms. The fourth-order valence-electron chi connectivity index (χ4n) is 1.82. The molecule has 0 aliphatic carbocycles. The number of nitrogens with one attached hydrogen (secondary N) is 1. The number of carbonyl (C=O) groups is 3. The van der Waals surface area contributed by atoms with E-state index < -0.39 is 29.9 Å². The zero-order chi connectivity index (χ0) is 17.4. The lowest BCUT2D eigenvalue weighted by atomic mass is 10.0. The largest absolute Gasteiger partial charge is 0.468 e. The molecule has 7 heteroatoms. The molecule has 0 bridgehead atoms. The minimum Gasteiger partial charge on any atom is -0.468 e. The Kier molecular flexibility index (Phi) is 7.18. The van der Waals surface area contributed by atoms with Crippen LogP contribution in [-0.2, 0) is 30.3 Å². The molecule has 0 radical (unpaired) electrons. The van der Waals surface area contributed by atoms with Gasteiger partial charge in [0, 0.05) is 0 Å². The molecule has 6 nitrogen and oxygen atoms in total. The molecule has 0 aromatic heterocycles. The summed E-state index contributed by atoms with van der Waals surface area (Å²) >= 11 is 0. The van der Waals surface area contributed by atoms with Crippen molar-refractivity contribution in [1.82, 2.24) is 5.32 Å². The number of methoxy groups -OCH3 is 1. The Bertz CT molecular complexity index is 575. The topological polar surface area (TPSA) is 81.7 Å². The van der Waals surface area contributed by atoms with Crippen LogP contribution in [0.3, 0.4) is 0 Å². The Morgan fingerprint density at radius 3 is 2.57 bits per heavy atom. The van der Waals surface area contributed by atoms with Gasteiger partial charge < -0.3 is 14.8 Å². The first-order valence-electron chi connectivity index (χ1n) is 7.13. The first-order valence-corrected chi connectivity index (χ1v) is 7.13. The van der Waals surface area contributed by atoms with Gasteiger partial charge in [-0.15, -0.1) is 0 Å². The molecule has 0 heterocycles. The fourth-order valence-corrected chi connectivity index (χ4v) is 1.82. The van der Waals surface area contributed by atoms with E-state index in [9.17, 15) is 18.8 Å². The average molecular weight is 325 g/mol. The molecule has 2 atom stereocenters. The molecular formula is C16H20FNO5. The monoisotopic (exact) mass is 325 g/mol. The van der Waals surface area contributed by atoms with Gasteiger partial charge in [0.2, 0.25) is 0 Å². The molecule has 0 saturated heterocycles. The molecule has 0 aliphatic heterocycles. The van der Waals surface area contributed by atoms with E-state index in [4.69, 9.17) is 4.74 Å². The maximum atomic E-state index is 13.1. The number of ether oxygens (including phenoxy) is 2. The summed E-state index contributed by atoms with van der Waals surface area (Å²) in [5.41, 5.74) is 0.664. The summed E-state index contributed by atoms with van der Waals surface area (Å²) in [6.45, 7) is 2.74. The molecule has 0 aliphatic rings. The van der Waals surface area contributed by atoms with E-state index in [-0.39, 0.29) is 12.4 Å². The van der Waals surface area contributed by atoms with Crippen LogP contribution in [0.1, 0.15) is 19.4 Å². The highest BCUT2D eigenvalue weighted by molar-refractivity contribution is 5.86. The molecule has 0 saturated carbocycles. The zero-order valence-corrected chi connectivity index (χ0v) is 13.3. The van der Waals surface area contributed by atoms with Crippen LogP contribution in [-0.4, -0.2) is 37.6 Å². The minimum atomic E-state index is -1.04.